The van der Waals surface area contributed by atoms with Gasteiger partial charge in [0, 0.05) is 49.4 Å². The molecule has 0 atom stereocenters. The van der Waals surface area contributed by atoms with Crippen molar-refractivity contribution in [2.45, 2.75) is 0 Å². The van der Waals surface area contributed by atoms with Gasteiger partial charge in [-0.3, -0.25) is 0 Å². The number of aromatic nitrogens is 4. The maximum absolute atomic E-state index is 5.16. The van der Waals surface area contributed by atoms with Crippen LogP contribution < -0.4 is 0 Å². The van der Waals surface area contributed by atoms with Crippen LogP contribution in [0.25, 0.3) is 99.7 Å². The first-order valence-corrected chi connectivity index (χ1v) is 18.3. The summed E-state index contributed by atoms with van der Waals surface area (Å²) in [5, 5.41) is 5.96. The monoisotopic (exact) mass is 688 g/mol. The van der Waals surface area contributed by atoms with Gasteiger partial charge in [0.2, 0.25) is 0 Å². The van der Waals surface area contributed by atoms with Gasteiger partial charge in [0.15, 0.2) is 5.82 Å². The van der Waals surface area contributed by atoms with Gasteiger partial charge in [-0.05, 0) is 77.9 Å². The summed E-state index contributed by atoms with van der Waals surface area (Å²) < 4.78 is 4.74. The molecule has 3 heterocycles. The molecule has 8 aromatic carbocycles. The van der Waals surface area contributed by atoms with Gasteiger partial charge in [0.25, 0.3) is 0 Å². The Balaban J connectivity index is 1.09. The second kappa shape index (κ2) is 12.1. The van der Waals surface area contributed by atoms with Crippen molar-refractivity contribution in [3.8, 4) is 45.1 Å². The molecule has 0 spiro atoms. The Kier molecular flexibility index (Phi) is 6.82. The van der Waals surface area contributed by atoms with Crippen molar-refractivity contribution in [3.05, 3.63) is 194 Å². The van der Waals surface area contributed by atoms with Gasteiger partial charge in [0.05, 0.1) is 33.3 Å². The van der Waals surface area contributed by atoms with Gasteiger partial charge < -0.3 is 9.13 Å². The molecule has 0 aliphatic rings. The minimum Gasteiger partial charge on any atom is -0.309 e. The van der Waals surface area contributed by atoms with Crippen LogP contribution in [0.1, 0.15) is 0 Å². The molecule has 0 saturated heterocycles. The van der Waals surface area contributed by atoms with E-state index in [1.807, 2.05) is 24.3 Å². The second-order valence-corrected chi connectivity index (χ2v) is 13.8. The van der Waals surface area contributed by atoms with E-state index in [9.17, 15) is 0 Å². The fourth-order valence-electron chi connectivity index (χ4n) is 8.23. The maximum Gasteiger partial charge on any atom is 0.160 e. The summed E-state index contributed by atoms with van der Waals surface area (Å²) in [7, 11) is 0. The van der Waals surface area contributed by atoms with Crippen molar-refractivity contribution >= 4 is 54.5 Å². The third kappa shape index (κ3) is 4.78. The summed E-state index contributed by atoms with van der Waals surface area (Å²) in [6.45, 7) is 0. The van der Waals surface area contributed by atoms with Gasteiger partial charge in [-0.15, -0.1) is 0 Å². The first-order chi connectivity index (χ1) is 26.8. The molecule has 54 heavy (non-hydrogen) atoms. The van der Waals surface area contributed by atoms with Crippen LogP contribution in [0.5, 0.6) is 0 Å². The lowest BCUT2D eigenvalue weighted by Gasteiger charge is -2.13. The van der Waals surface area contributed by atoms with Crippen LogP contribution >= 0.6 is 0 Å². The van der Waals surface area contributed by atoms with E-state index in [1.54, 1.807) is 0 Å². The third-order valence-electron chi connectivity index (χ3n) is 10.7. The lowest BCUT2D eigenvalue weighted by atomic mass is 10.0. The molecule has 0 aliphatic heterocycles. The molecule has 0 amide bonds. The van der Waals surface area contributed by atoms with Crippen molar-refractivity contribution < 1.29 is 0 Å². The van der Waals surface area contributed by atoms with E-state index in [1.165, 1.54) is 49.4 Å². The fraction of sp³-hybridized carbons (Fsp3) is 0. The van der Waals surface area contributed by atoms with Crippen LogP contribution in [0.3, 0.4) is 0 Å². The zero-order valence-electron chi connectivity index (χ0n) is 29.3. The summed E-state index contributed by atoms with van der Waals surface area (Å²) in [6.07, 6.45) is 0. The Morgan fingerprint density at radius 3 is 1.41 bits per heavy atom. The largest absolute Gasteiger partial charge is 0.309 e. The molecule has 4 nitrogen and oxygen atoms in total. The number of rotatable bonds is 5. The maximum atomic E-state index is 5.16. The molecule has 0 radical (unpaired) electrons. The molecule has 252 valence electrons. The van der Waals surface area contributed by atoms with Crippen molar-refractivity contribution in [1.82, 2.24) is 19.1 Å². The van der Waals surface area contributed by atoms with E-state index >= 15 is 0 Å². The second-order valence-electron chi connectivity index (χ2n) is 13.8. The van der Waals surface area contributed by atoms with E-state index in [0.717, 1.165) is 50.3 Å². The molecule has 0 fully saturated rings. The molecule has 4 heteroatoms. The topological polar surface area (TPSA) is 35.6 Å². The summed E-state index contributed by atoms with van der Waals surface area (Å²) in [5.74, 6) is 0.717. The number of para-hydroxylation sites is 3. The van der Waals surface area contributed by atoms with Crippen LogP contribution in [-0.2, 0) is 0 Å². The van der Waals surface area contributed by atoms with Gasteiger partial charge in [0.1, 0.15) is 0 Å². The Hall–Kier alpha value is -7.30. The molecule has 0 bridgehead atoms. The van der Waals surface area contributed by atoms with Crippen LogP contribution in [-0.4, -0.2) is 19.1 Å². The molecule has 11 aromatic rings. The van der Waals surface area contributed by atoms with E-state index < -0.39 is 0 Å². The minimum absolute atomic E-state index is 0.717. The summed E-state index contributed by atoms with van der Waals surface area (Å²) >= 11 is 0. The van der Waals surface area contributed by atoms with Gasteiger partial charge in [-0.1, -0.05) is 127 Å². The van der Waals surface area contributed by atoms with E-state index in [0.29, 0.717) is 0 Å². The third-order valence-corrected chi connectivity index (χ3v) is 10.7. The number of benzene rings is 8. The number of fused-ring (bicyclic) bond motifs is 7. The highest BCUT2D eigenvalue weighted by atomic mass is 15.0. The molecule has 11 rings (SSSR count). The minimum atomic E-state index is 0.717. The molecular weight excluding hydrogens is 657 g/mol. The molecule has 0 unspecified atom stereocenters. The predicted octanol–water partition coefficient (Wildman–Crippen LogP) is 12.8. The standard InChI is InChI=1S/C50H32N4/c1-4-14-33(15-5-1)49-41-27-26-38(32-44(41)51-50(52-49)34-16-6-2-7-17-34)54-46-23-13-11-21-40(46)43-31-36(25-29-48(43)54)35-24-28-47-42(30-35)39-20-10-12-22-45(39)53(47)37-18-8-3-9-19-37/h1-32H. The number of hydrogen-bond donors (Lipinski definition) is 0. The lowest BCUT2D eigenvalue weighted by molar-refractivity contribution is 1.17. The normalized spacial score (nSPS) is 11.7. The summed E-state index contributed by atoms with van der Waals surface area (Å²) in [5.41, 5.74) is 13.2. The zero-order chi connectivity index (χ0) is 35.6. The molecule has 0 aliphatic carbocycles. The predicted molar refractivity (Wildman–Crippen MR) is 225 cm³/mol. The van der Waals surface area contributed by atoms with Gasteiger partial charge in [-0.2, -0.15) is 0 Å². The SMILES string of the molecule is c1ccc(-c2nc(-c3ccccc3)c3ccc(-n4c5ccccc5c5cc(-c6ccc7c(c6)c6ccccc6n7-c6ccccc6)ccc54)cc3n2)cc1. The summed E-state index contributed by atoms with van der Waals surface area (Å²) in [4.78, 5) is 10.3. The fourth-order valence-corrected chi connectivity index (χ4v) is 8.23. The van der Waals surface area contributed by atoms with E-state index in [4.69, 9.17) is 9.97 Å². The van der Waals surface area contributed by atoms with Crippen LogP contribution in [0.15, 0.2) is 194 Å². The molecular formula is C50H32N4. The quantitative estimate of drug-likeness (QED) is 0.180. The Bertz CT molecular complexity index is 3200. The van der Waals surface area contributed by atoms with Crippen LogP contribution in [0, 0.1) is 0 Å². The van der Waals surface area contributed by atoms with Crippen molar-refractivity contribution in [1.29, 1.82) is 0 Å². The smallest absolute Gasteiger partial charge is 0.160 e. The number of nitrogens with zero attached hydrogens (tertiary/aromatic N) is 4. The highest BCUT2D eigenvalue weighted by Gasteiger charge is 2.18. The van der Waals surface area contributed by atoms with Crippen LogP contribution in [0.4, 0.5) is 0 Å². The Labute approximate surface area is 311 Å². The van der Waals surface area contributed by atoms with E-state index in [-0.39, 0.29) is 0 Å². The first kappa shape index (κ1) is 30.3. The highest BCUT2D eigenvalue weighted by molar-refractivity contribution is 6.13. The van der Waals surface area contributed by atoms with Gasteiger partial charge >= 0.3 is 0 Å². The Morgan fingerprint density at radius 2 is 0.796 bits per heavy atom. The van der Waals surface area contributed by atoms with Crippen molar-refractivity contribution in [2.24, 2.45) is 0 Å². The average Bonchev–Trinajstić information content (AvgIpc) is 3.76. The lowest BCUT2D eigenvalue weighted by Crippen LogP contribution is -1.98. The molecule has 3 aromatic heterocycles. The highest BCUT2D eigenvalue weighted by Crippen LogP contribution is 2.39. The van der Waals surface area contributed by atoms with Crippen LogP contribution in [0.2, 0.25) is 0 Å². The van der Waals surface area contributed by atoms with E-state index in [2.05, 4.69) is 179 Å². The van der Waals surface area contributed by atoms with Gasteiger partial charge in [-0.25, -0.2) is 9.97 Å². The van der Waals surface area contributed by atoms with Crippen molar-refractivity contribution in [3.63, 3.8) is 0 Å². The molecule has 0 saturated carbocycles. The first-order valence-electron chi connectivity index (χ1n) is 18.3. The van der Waals surface area contributed by atoms with Crippen molar-refractivity contribution in [2.75, 3.05) is 0 Å². The Morgan fingerprint density at radius 1 is 0.296 bits per heavy atom. The summed E-state index contributed by atoms with van der Waals surface area (Å²) in [6, 6.07) is 69.1. The zero-order valence-corrected chi connectivity index (χ0v) is 29.3. The molecule has 0 N–H and O–H groups in total. The number of hydrogen-bond acceptors (Lipinski definition) is 2. The average molecular weight is 689 g/mol.